The Morgan fingerprint density at radius 1 is 1.08 bits per heavy atom. The lowest BCUT2D eigenvalue weighted by Gasteiger charge is -2.19. The third-order valence-corrected chi connectivity index (χ3v) is 4.79. The van der Waals surface area contributed by atoms with E-state index < -0.39 is 5.82 Å². The van der Waals surface area contributed by atoms with Gasteiger partial charge < -0.3 is 5.32 Å². The number of hydrogen-bond acceptors (Lipinski definition) is 3. The van der Waals surface area contributed by atoms with Gasteiger partial charge in [-0.3, -0.25) is 14.5 Å². The van der Waals surface area contributed by atoms with Gasteiger partial charge in [-0.05, 0) is 36.8 Å². The molecule has 0 saturated carbocycles. The van der Waals surface area contributed by atoms with Gasteiger partial charge in [0, 0.05) is 24.2 Å². The van der Waals surface area contributed by atoms with E-state index in [1.165, 1.54) is 17.0 Å². The molecule has 4 nitrogen and oxygen atoms in total. The van der Waals surface area contributed by atoms with Crippen molar-refractivity contribution in [3.8, 4) is 0 Å². The van der Waals surface area contributed by atoms with E-state index in [2.05, 4.69) is 5.32 Å². The van der Waals surface area contributed by atoms with Gasteiger partial charge >= 0.3 is 0 Å². The van der Waals surface area contributed by atoms with Gasteiger partial charge in [-0.15, -0.1) is 0 Å². The monoisotopic (exact) mass is 380 g/mol. The number of amides is 2. The maximum atomic E-state index is 13.6. The van der Waals surface area contributed by atoms with Crippen molar-refractivity contribution in [1.29, 1.82) is 0 Å². The molecule has 0 fully saturated rings. The summed E-state index contributed by atoms with van der Waals surface area (Å²) >= 11 is 11.8. The molecule has 2 aromatic rings. The van der Waals surface area contributed by atoms with Crippen LogP contribution in [0.25, 0.3) is 0 Å². The molecule has 0 bridgehead atoms. The van der Waals surface area contributed by atoms with E-state index >= 15 is 0 Å². The highest BCUT2D eigenvalue weighted by Gasteiger charge is 2.34. The lowest BCUT2D eigenvalue weighted by atomic mass is 10.1. The molecule has 25 heavy (non-hydrogen) atoms. The second-order valence-electron chi connectivity index (χ2n) is 5.77. The Kier molecular flexibility index (Phi) is 5.08. The molecule has 1 atom stereocenters. The molecule has 0 saturated heterocycles. The second kappa shape index (κ2) is 7.12. The fourth-order valence-electron chi connectivity index (χ4n) is 2.81. The van der Waals surface area contributed by atoms with Gasteiger partial charge in [0.15, 0.2) is 0 Å². The van der Waals surface area contributed by atoms with Crippen LogP contribution in [0.4, 0.5) is 4.39 Å². The smallest absolute Gasteiger partial charge is 0.261 e. The molecule has 1 heterocycles. The fourth-order valence-corrected chi connectivity index (χ4v) is 3.36. The summed E-state index contributed by atoms with van der Waals surface area (Å²) in [6.07, 6.45) is 0. The maximum Gasteiger partial charge on any atom is 0.261 e. The van der Waals surface area contributed by atoms with Gasteiger partial charge in [0.05, 0.1) is 16.1 Å². The first-order valence-corrected chi connectivity index (χ1v) is 8.48. The number of halogens is 3. The summed E-state index contributed by atoms with van der Waals surface area (Å²) in [5.74, 6) is -1.15. The Morgan fingerprint density at radius 3 is 2.28 bits per heavy atom. The summed E-state index contributed by atoms with van der Waals surface area (Å²) in [4.78, 5) is 25.8. The van der Waals surface area contributed by atoms with E-state index in [-0.39, 0.29) is 29.4 Å². The van der Waals surface area contributed by atoms with Gasteiger partial charge in [0.1, 0.15) is 5.82 Å². The number of carbonyl (C=O) groups is 2. The van der Waals surface area contributed by atoms with E-state index in [0.29, 0.717) is 28.3 Å². The lowest BCUT2D eigenvalue weighted by Crippen LogP contribution is -2.37. The Labute approximate surface area is 154 Å². The van der Waals surface area contributed by atoms with Crippen LogP contribution in [0.5, 0.6) is 0 Å². The molecular weight excluding hydrogens is 366 g/mol. The molecule has 2 amide bonds. The van der Waals surface area contributed by atoms with Crippen LogP contribution in [-0.4, -0.2) is 29.8 Å². The number of rotatable bonds is 5. The molecule has 1 aliphatic heterocycles. The van der Waals surface area contributed by atoms with E-state index in [1.807, 2.05) is 6.92 Å². The predicted octanol–water partition coefficient (Wildman–Crippen LogP) is 4.08. The average molecular weight is 381 g/mol. The highest BCUT2D eigenvalue weighted by Crippen LogP contribution is 2.28. The molecule has 0 aromatic heterocycles. The minimum atomic E-state index is -0.546. The summed E-state index contributed by atoms with van der Waals surface area (Å²) < 4.78 is 13.6. The van der Waals surface area contributed by atoms with Crippen LogP contribution >= 0.6 is 23.2 Å². The van der Waals surface area contributed by atoms with Gasteiger partial charge in [-0.25, -0.2) is 4.39 Å². The first-order valence-electron chi connectivity index (χ1n) is 7.73. The molecule has 0 spiro atoms. The van der Waals surface area contributed by atoms with E-state index in [9.17, 15) is 14.0 Å². The lowest BCUT2D eigenvalue weighted by molar-refractivity contribution is 0.0654. The number of hydrogen-bond donors (Lipinski definition) is 1. The molecule has 3 rings (SSSR count). The van der Waals surface area contributed by atoms with Crippen molar-refractivity contribution in [1.82, 2.24) is 10.2 Å². The SMILES string of the molecule is C[C@@H](NCCN1C(=O)c2ccccc2C1=O)c1cc(F)c(Cl)cc1Cl. The van der Waals surface area contributed by atoms with Crippen molar-refractivity contribution in [2.24, 2.45) is 0 Å². The molecule has 2 aromatic carbocycles. The molecule has 1 aliphatic rings. The Bertz CT molecular complexity index is 822. The van der Waals surface area contributed by atoms with Gasteiger partial charge in [-0.1, -0.05) is 35.3 Å². The first kappa shape index (κ1) is 17.9. The first-order chi connectivity index (χ1) is 11.9. The Balaban J connectivity index is 1.63. The number of nitrogens with one attached hydrogen (secondary N) is 1. The number of carbonyl (C=O) groups excluding carboxylic acids is 2. The largest absolute Gasteiger partial charge is 0.308 e. The minimum Gasteiger partial charge on any atom is -0.308 e. The number of benzene rings is 2. The molecule has 0 aliphatic carbocycles. The van der Waals surface area contributed by atoms with Crippen molar-refractivity contribution >= 4 is 35.0 Å². The third kappa shape index (κ3) is 3.40. The maximum absolute atomic E-state index is 13.6. The molecular formula is C18H15Cl2FN2O2. The molecule has 7 heteroatoms. The summed E-state index contributed by atoms with van der Waals surface area (Å²) in [7, 11) is 0. The molecule has 0 radical (unpaired) electrons. The quantitative estimate of drug-likeness (QED) is 0.627. The van der Waals surface area contributed by atoms with Crippen molar-refractivity contribution in [2.75, 3.05) is 13.1 Å². The zero-order chi connectivity index (χ0) is 18.1. The molecule has 0 unspecified atom stereocenters. The highest BCUT2D eigenvalue weighted by atomic mass is 35.5. The van der Waals surface area contributed by atoms with E-state index in [0.717, 1.165) is 0 Å². The summed E-state index contributed by atoms with van der Waals surface area (Å²) in [6, 6.07) is 9.11. The van der Waals surface area contributed by atoms with Crippen molar-refractivity contribution in [3.05, 3.63) is 69.0 Å². The third-order valence-electron chi connectivity index (χ3n) is 4.17. The zero-order valence-electron chi connectivity index (χ0n) is 13.4. The Hall–Kier alpha value is -1.95. The Morgan fingerprint density at radius 2 is 1.68 bits per heavy atom. The van der Waals surface area contributed by atoms with Gasteiger partial charge in [0.25, 0.3) is 11.8 Å². The van der Waals surface area contributed by atoms with Crippen molar-refractivity contribution in [3.63, 3.8) is 0 Å². The van der Waals surface area contributed by atoms with Crippen LogP contribution in [0.15, 0.2) is 36.4 Å². The number of nitrogens with zero attached hydrogens (tertiary/aromatic N) is 1. The van der Waals surface area contributed by atoms with E-state index in [4.69, 9.17) is 23.2 Å². The van der Waals surface area contributed by atoms with Crippen LogP contribution in [0.3, 0.4) is 0 Å². The fraction of sp³-hybridized carbons (Fsp3) is 0.222. The zero-order valence-corrected chi connectivity index (χ0v) is 14.9. The van der Waals surface area contributed by atoms with Crippen LogP contribution in [0, 0.1) is 5.82 Å². The van der Waals surface area contributed by atoms with Crippen molar-refractivity contribution in [2.45, 2.75) is 13.0 Å². The number of fused-ring (bicyclic) bond motifs is 1. The average Bonchev–Trinajstić information content (AvgIpc) is 2.83. The standard InChI is InChI=1S/C18H15Cl2FN2O2/c1-10(13-8-16(21)15(20)9-14(13)19)22-6-7-23-17(24)11-4-2-3-5-12(11)18(23)25/h2-5,8-10,22H,6-7H2,1H3/t10-/m1/s1. The summed E-state index contributed by atoms with van der Waals surface area (Å²) in [6.45, 7) is 2.38. The van der Waals surface area contributed by atoms with Crippen LogP contribution in [0.1, 0.15) is 39.2 Å². The predicted molar refractivity (Wildman–Crippen MR) is 94.6 cm³/mol. The highest BCUT2D eigenvalue weighted by molar-refractivity contribution is 6.35. The van der Waals surface area contributed by atoms with Crippen LogP contribution in [-0.2, 0) is 0 Å². The van der Waals surface area contributed by atoms with Crippen LogP contribution < -0.4 is 5.32 Å². The molecule has 1 N–H and O–H groups in total. The second-order valence-corrected chi connectivity index (χ2v) is 6.59. The topological polar surface area (TPSA) is 49.4 Å². The summed E-state index contributed by atoms with van der Waals surface area (Å²) in [5.41, 5.74) is 1.40. The van der Waals surface area contributed by atoms with Gasteiger partial charge in [0.2, 0.25) is 0 Å². The van der Waals surface area contributed by atoms with Crippen LogP contribution in [0.2, 0.25) is 10.0 Å². The summed E-state index contributed by atoms with van der Waals surface area (Å²) in [5, 5.41) is 3.46. The van der Waals surface area contributed by atoms with Crippen molar-refractivity contribution < 1.29 is 14.0 Å². The molecule has 130 valence electrons. The van der Waals surface area contributed by atoms with E-state index in [1.54, 1.807) is 24.3 Å². The number of imide groups is 1. The normalized spacial score (nSPS) is 14.8. The van der Waals surface area contributed by atoms with Gasteiger partial charge in [-0.2, -0.15) is 0 Å². The minimum absolute atomic E-state index is 0.0352.